The van der Waals surface area contributed by atoms with Crippen molar-refractivity contribution in [2.24, 2.45) is 0 Å². The van der Waals surface area contributed by atoms with E-state index in [9.17, 15) is 9.18 Å². The maximum atomic E-state index is 13.4. The molecule has 0 saturated carbocycles. The van der Waals surface area contributed by atoms with Gasteiger partial charge in [-0.1, -0.05) is 0 Å². The number of hydrogen-bond acceptors (Lipinski definition) is 4. The number of aromatic nitrogens is 2. The standard InChI is InChI=1S/C12H10BrFN4O/c1-6-2-7(13)8(14)3-9(6)18-12(19)10-4-17-11(15)5-16-10/h2-5H,1H3,(H2,15,17)(H,18,19). The first kappa shape index (κ1) is 13.4. The lowest BCUT2D eigenvalue weighted by molar-refractivity contribution is 0.102. The highest BCUT2D eigenvalue weighted by Crippen LogP contribution is 2.24. The Morgan fingerprint density at radius 2 is 2.11 bits per heavy atom. The van der Waals surface area contributed by atoms with Crippen LogP contribution in [0.25, 0.3) is 0 Å². The van der Waals surface area contributed by atoms with E-state index >= 15 is 0 Å². The first-order chi connectivity index (χ1) is 8.97. The van der Waals surface area contributed by atoms with Crippen LogP contribution in [0.5, 0.6) is 0 Å². The van der Waals surface area contributed by atoms with Gasteiger partial charge in [0.05, 0.1) is 16.9 Å². The van der Waals surface area contributed by atoms with Crippen LogP contribution in [-0.4, -0.2) is 15.9 Å². The summed E-state index contributed by atoms with van der Waals surface area (Å²) in [6, 6.07) is 2.82. The number of benzene rings is 1. The molecule has 1 heterocycles. The zero-order valence-corrected chi connectivity index (χ0v) is 11.5. The molecule has 3 N–H and O–H groups in total. The van der Waals surface area contributed by atoms with Crippen LogP contribution in [-0.2, 0) is 0 Å². The molecule has 0 bridgehead atoms. The monoisotopic (exact) mass is 324 g/mol. The van der Waals surface area contributed by atoms with Crippen molar-refractivity contribution in [1.29, 1.82) is 0 Å². The number of aryl methyl sites for hydroxylation is 1. The fraction of sp³-hybridized carbons (Fsp3) is 0.0833. The highest BCUT2D eigenvalue weighted by Gasteiger charge is 2.11. The molecule has 19 heavy (non-hydrogen) atoms. The Bertz CT molecular complexity index is 630. The summed E-state index contributed by atoms with van der Waals surface area (Å²) < 4.78 is 13.8. The third-order valence-corrected chi connectivity index (χ3v) is 3.03. The maximum Gasteiger partial charge on any atom is 0.275 e. The van der Waals surface area contributed by atoms with Gasteiger partial charge in [-0.2, -0.15) is 0 Å². The van der Waals surface area contributed by atoms with Crippen LogP contribution in [0.15, 0.2) is 29.0 Å². The molecule has 0 aliphatic heterocycles. The third kappa shape index (κ3) is 3.05. The van der Waals surface area contributed by atoms with E-state index in [1.54, 1.807) is 13.0 Å². The molecule has 0 saturated heterocycles. The van der Waals surface area contributed by atoms with Gasteiger partial charge in [-0.25, -0.2) is 14.4 Å². The fourth-order valence-corrected chi connectivity index (χ4v) is 1.88. The number of anilines is 2. The van der Waals surface area contributed by atoms with Crippen molar-refractivity contribution in [1.82, 2.24) is 9.97 Å². The molecule has 1 aromatic carbocycles. The van der Waals surface area contributed by atoms with Crippen molar-refractivity contribution < 1.29 is 9.18 Å². The molecular weight excluding hydrogens is 315 g/mol. The number of nitrogens with zero attached hydrogens (tertiary/aromatic N) is 2. The van der Waals surface area contributed by atoms with E-state index < -0.39 is 11.7 Å². The van der Waals surface area contributed by atoms with Crippen molar-refractivity contribution >= 4 is 33.3 Å². The van der Waals surface area contributed by atoms with Crippen LogP contribution in [0.3, 0.4) is 0 Å². The zero-order chi connectivity index (χ0) is 14.0. The quantitative estimate of drug-likeness (QED) is 0.889. The maximum absolute atomic E-state index is 13.4. The van der Waals surface area contributed by atoms with E-state index in [4.69, 9.17) is 5.73 Å². The molecule has 2 rings (SSSR count). The van der Waals surface area contributed by atoms with Crippen LogP contribution in [0.2, 0.25) is 0 Å². The lowest BCUT2D eigenvalue weighted by Gasteiger charge is -2.09. The first-order valence-corrected chi connectivity index (χ1v) is 6.11. The van der Waals surface area contributed by atoms with Gasteiger partial charge in [-0.05, 0) is 40.5 Å². The summed E-state index contributed by atoms with van der Waals surface area (Å²) in [4.78, 5) is 19.5. The van der Waals surface area contributed by atoms with E-state index in [-0.39, 0.29) is 11.5 Å². The van der Waals surface area contributed by atoms with Crippen molar-refractivity contribution in [3.63, 3.8) is 0 Å². The summed E-state index contributed by atoms with van der Waals surface area (Å²) in [6.45, 7) is 1.76. The highest BCUT2D eigenvalue weighted by molar-refractivity contribution is 9.10. The lowest BCUT2D eigenvalue weighted by atomic mass is 10.2. The SMILES string of the molecule is Cc1cc(Br)c(F)cc1NC(=O)c1cnc(N)cn1. The van der Waals surface area contributed by atoms with Crippen LogP contribution < -0.4 is 11.1 Å². The molecule has 0 radical (unpaired) electrons. The second-order valence-corrected chi connectivity index (χ2v) is 4.72. The fourth-order valence-electron chi connectivity index (χ4n) is 1.42. The number of nitrogens with one attached hydrogen (secondary N) is 1. The molecule has 0 spiro atoms. The number of hydrogen-bond donors (Lipinski definition) is 2. The molecule has 98 valence electrons. The predicted octanol–water partition coefficient (Wildman–Crippen LogP) is 2.52. The van der Waals surface area contributed by atoms with Crippen molar-refractivity contribution in [2.45, 2.75) is 6.92 Å². The van der Waals surface area contributed by atoms with Gasteiger partial charge in [0.15, 0.2) is 0 Å². The second kappa shape index (κ2) is 5.31. The number of amides is 1. The summed E-state index contributed by atoms with van der Waals surface area (Å²) in [7, 11) is 0. The molecule has 0 aliphatic carbocycles. The normalized spacial score (nSPS) is 10.3. The molecule has 2 aromatic rings. The summed E-state index contributed by atoms with van der Waals surface area (Å²) >= 11 is 3.08. The topological polar surface area (TPSA) is 80.9 Å². The number of nitrogen functional groups attached to an aromatic ring is 1. The third-order valence-electron chi connectivity index (χ3n) is 2.42. The van der Waals surface area contributed by atoms with E-state index in [2.05, 4.69) is 31.2 Å². The highest BCUT2D eigenvalue weighted by atomic mass is 79.9. The minimum atomic E-state index is -0.475. The van der Waals surface area contributed by atoms with Crippen molar-refractivity contribution in [2.75, 3.05) is 11.1 Å². The van der Waals surface area contributed by atoms with Crippen LogP contribution in [0.1, 0.15) is 16.1 Å². The van der Waals surface area contributed by atoms with E-state index in [0.717, 1.165) is 5.56 Å². The summed E-state index contributed by atoms with van der Waals surface area (Å²) in [6.07, 6.45) is 2.54. The number of carbonyl (C=O) groups is 1. The molecule has 0 fully saturated rings. The molecule has 0 aliphatic rings. The average molecular weight is 325 g/mol. The molecule has 0 unspecified atom stereocenters. The van der Waals surface area contributed by atoms with Gasteiger partial charge in [0.2, 0.25) is 0 Å². The van der Waals surface area contributed by atoms with Gasteiger partial charge in [0, 0.05) is 5.69 Å². The van der Waals surface area contributed by atoms with Crippen molar-refractivity contribution in [3.8, 4) is 0 Å². The molecule has 7 heteroatoms. The Labute approximate surface area is 117 Å². The Morgan fingerprint density at radius 1 is 1.37 bits per heavy atom. The molecule has 0 atom stereocenters. The van der Waals surface area contributed by atoms with Gasteiger partial charge < -0.3 is 11.1 Å². The number of nitrogens with two attached hydrogens (primary N) is 1. The summed E-state index contributed by atoms with van der Waals surface area (Å²) in [5, 5.41) is 2.57. The minimum Gasteiger partial charge on any atom is -0.382 e. The Hall–Kier alpha value is -2.02. The molecule has 1 aromatic heterocycles. The Balaban J connectivity index is 2.24. The van der Waals surface area contributed by atoms with E-state index in [1.165, 1.54) is 18.5 Å². The van der Waals surface area contributed by atoms with Gasteiger partial charge in [-0.3, -0.25) is 4.79 Å². The lowest BCUT2D eigenvalue weighted by Crippen LogP contribution is -2.15. The minimum absolute atomic E-state index is 0.108. The number of halogens is 2. The van der Waals surface area contributed by atoms with Crippen LogP contribution >= 0.6 is 15.9 Å². The van der Waals surface area contributed by atoms with Gasteiger partial charge in [0.25, 0.3) is 5.91 Å². The first-order valence-electron chi connectivity index (χ1n) is 5.32. The number of carbonyl (C=O) groups excluding carboxylic acids is 1. The number of rotatable bonds is 2. The molecular formula is C12H10BrFN4O. The molecule has 1 amide bonds. The van der Waals surface area contributed by atoms with Gasteiger partial charge in [0.1, 0.15) is 17.3 Å². The summed E-state index contributed by atoms with van der Waals surface area (Å²) in [5.41, 5.74) is 6.59. The van der Waals surface area contributed by atoms with E-state index in [1.807, 2.05) is 0 Å². The van der Waals surface area contributed by atoms with Crippen molar-refractivity contribution in [3.05, 3.63) is 46.1 Å². The summed E-state index contributed by atoms with van der Waals surface area (Å²) in [5.74, 6) is -0.705. The molecule has 5 nitrogen and oxygen atoms in total. The average Bonchev–Trinajstić information content (AvgIpc) is 2.36. The Morgan fingerprint density at radius 3 is 2.74 bits per heavy atom. The van der Waals surface area contributed by atoms with E-state index in [0.29, 0.717) is 10.2 Å². The van der Waals surface area contributed by atoms with Gasteiger partial charge >= 0.3 is 0 Å². The second-order valence-electron chi connectivity index (χ2n) is 3.86. The predicted molar refractivity (Wildman–Crippen MR) is 73.2 cm³/mol. The largest absolute Gasteiger partial charge is 0.382 e. The smallest absolute Gasteiger partial charge is 0.275 e. The van der Waals surface area contributed by atoms with Gasteiger partial charge in [-0.15, -0.1) is 0 Å². The Kier molecular flexibility index (Phi) is 3.75. The zero-order valence-electron chi connectivity index (χ0n) is 9.95. The van der Waals surface area contributed by atoms with Crippen LogP contribution in [0.4, 0.5) is 15.9 Å². The van der Waals surface area contributed by atoms with Crippen LogP contribution in [0, 0.1) is 12.7 Å².